The van der Waals surface area contributed by atoms with Crippen LogP contribution in [-0.2, 0) is 14.8 Å². The second kappa shape index (κ2) is 9.94. The standard InChI is InChI=1S/C24H24Cl2N2O3S/c1-16-12-13-17(2)20(14-16)18(3)27-23(29)15-28(22-11-7-10-21(25)24(22)26)32(30,31)19-8-5-4-6-9-19/h4-14,18H,15H2,1-3H3,(H,27,29). The zero-order chi connectivity index (χ0) is 23.5. The average molecular weight is 491 g/mol. The topological polar surface area (TPSA) is 66.5 Å². The van der Waals surface area contributed by atoms with Gasteiger partial charge < -0.3 is 5.32 Å². The molecule has 0 bridgehead atoms. The zero-order valence-corrected chi connectivity index (χ0v) is 20.3. The van der Waals surface area contributed by atoms with Gasteiger partial charge in [-0.1, -0.05) is 71.2 Å². The third kappa shape index (κ3) is 5.26. The summed E-state index contributed by atoms with van der Waals surface area (Å²) in [5, 5.41) is 3.16. The summed E-state index contributed by atoms with van der Waals surface area (Å²) in [6.07, 6.45) is 0. The summed E-state index contributed by atoms with van der Waals surface area (Å²) in [6, 6.07) is 18.3. The molecule has 0 aliphatic carbocycles. The Morgan fingerprint density at radius 2 is 1.69 bits per heavy atom. The lowest BCUT2D eigenvalue weighted by molar-refractivity contribution is -0.120. The van der Waals surface area contributed by atoms with Crippen LogP contribution in [0.3, 0.4) is 0 Å². The number of carbonyl (C=O) groups is 1. The molecular weight excluding hydrogens is 467 g/mol. The molecule has 3 rings (SSSR count). The fourth-order valence-corrected chi connectivity index (χ4v) is 5.33. The lowest BCUT2D eigenvalue weighted by Crippen LogP contribution is -2.41. The predicted molar refractivity (Wildman–Crippen MR) is 130 cm³/mol. The van der Waals surface area contributed by atoms with Gasteiger partial charge in [-0.25, -0.2) is 8.42 Å². The monoisotopic (exact) mass is 490 g/mol. The van der Waals surface area contributed by atoms with Crippen LogP contribution >= 0.6 is 23.2 Å². The van der Waals surface area contributed by atoms with Crippen molar-refractivity contribution in [1.29, 1.82) is 0 Å². The minimum atomic E-state index is -4.07. The number of aryl methyl sites for hydroxylation is 2. The van der Waals surface area contributed by atoms with E-state index in [2.05, 4.69) is 5.32 Å². The molecule has 0 saturated carbocycles. The van der Waals surface area contributed by atoms with Gasteiger partial charge in [-0.05, 0) is 56.2 Å². The molecule has 0 radical (unpaired) electrons. The minimum absolute atomic E-state index is 0.0476. The molecule has 1 unspecified atom stereocenters. The first-order valence-corrected chi connectivity index (χ1v) is 12.2. The molecule has 0 heterocycles. The Morgan fingerprint density at radius 1 is 1.00 bits per heavy atom. The van der Waals surface area contributed by atoms with Crippen LogP contribution in [0.1, 0.15) is 29.7 Å². The third-order valence-electron chi connectivity index (χ3n) is 5.10. The van der Waals surface area contributed by atoms with Gasteiger partial charge in [0.05, 0.1) is 26.7 Å². The van der Waals surface area contributed by atoms with E-state index in [1.54, 1.807) is 30.3 Å². The van der Waals surface area contributed by atoms with Gasteiger partial charge in [0.2, 0.25) is 5.91 Å². The van der Waals surface area contributed by atoms with Gasteiger partial charge >= 0.3 is 0 Å². The van der Waals surface area contributed by atoms with E-state index in [4.69, 9.17) is 23.2 Å². The predicted octanol–water partition coefficient (Wildman–Crippen LogP) is 5.68. The van der Waals surface area contributed by atoms with E-state index in [1.807, 2.05) is 39.0 Å². The summed E-state index contributed by atoms with van der Waals surface area (Å²) in [7, 11) is -4.07. The van der Waals surface area contributed by atoms with Gasteiger partial charge in [-0.2, -0.15) is 0 Å². The molecule has 168 valence electrons. The number of amides is 1. The molecule has 0 aromatic heterocycles. The van der Waals surface area contributed by atoms with Crippen molar-refractivity contribution >= 4 is 44.8 Å². The SMILES string of the molecule is Cc1ccc(C)c(C(C)NC(=O)CN(c2cccc(Cl)c2Cl)S(=O)(=O)c2ccccc2)c1. The molecule has 0 aliphatic heterocycles. The first kappa shape index (κ1) is 24.1. The molecule has 8 heteroatoms. The van der Waals surface area contributed by atoms with Crippen molar-refractivity contribution in [3.05, 3.63) is 93.5 Å². The van der Waals surface area contributed by atoms with E-state index in [0.717, 1.165) is 21.0 Å². The van der Waals surface area contributed by atoms with Gasteiger partial charge in [0.1, 0.15) is 6.54 Å². The molecule has 1 N–H and O–H groups in total. The van der Waals surface area contributed by atoms with Crippen molar-refractivity contribution in [3.63, 3.8) is 0 Å². The summed E-state index contributed by atoms with van der Waals surface area (Å²) in [5.74, 6) is -0.464. The van der Waals surface area contributed by atoms with Crippen LogP contribution in [-0.4, -0.2) is 20.9 Å². The van der Waals surface area contributed by atoms with Crippen molar-refractivity contribution in [1.82, 2.24) is 5.32 Å². The van der Waals surface area contributed by atoms with Crippen LogP contribution in [0.5, 0.6) is 0 Å². The molecular formula is C24H24Cl2N2O3S. The molecule has 3 aromatic carbocycles. The quantitative estimate of drug-likeness (QED) is 0.462. The van der Waals surface area contributed by atoms with Crippen molar-refractivity contribution in [2.75, 3.05) is 10.8 Å². The number of anilines is 1. The molecule has 3 aromatic rings. The Morgan fingerprint density at radius 3 is 2.38 bits per heavy atom. The van der Waals surface area contributed by atoms with Gasteiger partial charge in [-0.15, -0.1) is 0 Å². The van der Waals surface area contributed by atoms with Gasteiger partial charge in [0.15, 0.2) is 0 Å². The average Bonchev–Trinajstić information content (AvgIpc) is 2.76. The summed E-state index contributed by atoms with van der Waals surface area (Å²) < 4.78 is 27.8. The number of hydrogen-bond donors (Lipinski definition) is 1. The summed E-state index contributed by atoms with van der Waals surface area (Å²) in [4.78, 5) is 13.0. The Hall–Kier alpha value is -2.54. The Labute approximate surface area is 199 Å². The van der Waals surface area contributed by atoms with Gasteiger partial charge in [0, 0.05) is 0 Å². The molecule has 1 atom stereocenters. The van der Waals surface area contributed by atoms with Gasteiger partial charge in [-0.3, -0.25) is 9.10 Å². The number of sulfonamides is 1. The van der Waals surface area contributed by atoms with E-state index in [-0.39, 0.29) is 26.7 Å². The summed E-state index contributed by atoms with van der Waals surface area (Å²) in [5.41, 5.74) is 3.22. The second-order valence-corrected chi connectivity index (χ2v) is 10.2. The largest absolute Gasteiger partial charge is 0.348 e. The van der Waals surface area contributed by atoms with E-state index in [0.29, 0.717) is 0 Å². The third-order valence-corrected chi connectivity index (χ3v) is 7.68. The molecule has 1 amide bonds. The lowest BCUT2D eigenvalue weighted by atomic mass is 10.00. The minimum Gasteiger partial charge on any atom is -0.348 e. The Bertz CT molecular complexity index is 1230. The summed E-state index contributed by atoms with van der Waals surface area (Å²) in [6.45, 7) is 5.36. The number of halogens is 2. The number of carbonyl (C=O) groups excluding carboxylic acids is 1. The molecule has 0 spiro atoms. The van der Waals surface area contributed by atoms with Crippen molar-refractivity contribution in [3.8, 4) is 0 Å². The van der Waals surface area contributed by atoms with Crippen molar-refractivity contribution in [2.45, 2.75) is 31.7 Å². The number of rotatable bonds is 7. The number of nitrogens with zero attached hydrogens (tertiary/aromatic N) is 1. The van der Waals surface area contributed by atoms with E-state index < -0.39 is 22.5 Å². The second-order valence-electron chi connectivity index (χ2n) is 7.55. The van der Waals surface area contributed by atoms with Crippen LogP contribution < -0.4 is 9.62 Å². The highest BCUT2D eigenvalue weighted by Crippen LogP contribution is 2.35. The van der Waals surface area contributed by atoms with Crippen molar-refractivity contribution in [2.24, 2.45) is 0 Å². The molecule has 0 fully saturated rings. The first-order chi connectivity index (χ1) is 15.1. The Balaban J connectivity index is 1.95. The van der Waals surface area contributed by atoms with Gasteiger partial charge in [0.25, 0.3) is 10.0 Å². The van der Waals surface area contributed by atoms with E-state index in [9.17, 15) is 13.2 Å². The molecule has 5 nitrogen and oxygen atoms in total. The van der Waals surface area contributed by atoms with Crippen LogP contribution in [0.4, 0.5) is 5.69 Å². The fourth-order valence-electron chi connectivity index (χ4n) is 3.43. The summed E-state index contributed by atoms with van der Waals surface area (Å²) >= 11 is 12.5. The first-order valence-electron chi connectivity index (χ1n) is 9.99. The highest BCUT2D eigenvalue weighted by Gasteiger charge is 2.29. The Kier molecular flexibility index (Phi) is 7.49. The number of benzene rings is 3. The maximum absolute atomic E-state index is 13.4. The maximum Gasteiger partial charge on any atom is 0.264 e. The highest BCUT2D eigenvalue weighted by molar-refractivity contribution is 7.92. The number of hydrogen-bond acceptors (Lipinski definition) is 3. The van der Waals surface area contributed by atoms with Crippen LogP contribution in [0.25, 0.3) is 0 Å². The zero-order valence-electron chi connectivity index (χ0n) is 18.0. The maximum atomic E-state index is 13.4. The molecule has 0 aliphatic rings. The molecule has 32 heavy (non-hydrogen) atoms. The van der Waals surface area contributed by atoms with Crippen LogP contribution in [0, 0.1) is 13.8 Å². The normalized spacial score (nSPS) is 12.3. The van der Waals surface area contributed by atoms with Crippen LogP contribution in [0.2, 0.25) is 10.0 Å². The lowest BCUT2D eigenvalue weighted by Gasteiger charge is -2.26. The fraction of sp³-hybridized carbons (Fsp3) is 0.208. The molecule has 0 saturated heterocycles. The highest BCUT2D eigenvalue weighted by atomic mass is 35.5. The van der Waals surface area contributed by atoms with Crippen molar-refractivity contribution < 1.29 is 13.2 Å². The van der Waals surface area contributed by atoms with Crippen LogP contribution in [0.15, 0.2) is 71.6 Å². The van der Waals surface area contributed by atoms with E-state index >= 15 is 0 Å². The van der Waals surface area contributed by atoms with E-state index in [1.165, 1.54) is 18.2 Å². The smallest absolute Gasteiger partial charge is 0.264 e. The number of nitrogens with one attached hydrogen (secondary N) is 1.